The summed E-state index contributed by atoms with van der Waals surface area (Å²) in [5.74, 6) is -0.625. The van der Waals surface area contributed by atoms with E-state index in [1.54, 1.807) is 0 Å². The molecule has 3 N–H and O–H groups in total. The van der Waals surface area contributed by atoms with Crippen molar-refractivity contribution < 1.29 is 14.6 Å². The fraction of sp³-hybridized carbons (Fsp3) is 0.263. The molecule has 0 radical (unpaired) electrons. The highest BCUT2D eigenvalue weighted by molar-refractivity contribution is 5.88. The van der Waals surface area contributed by atoms with Gasteiger partial charge in [-0.15, -0.1) is 0 Å². The van der Waals surface area contributed by atoms with Gasteiger partial charge in [-0.25, -0.2) is 4.39 Å². The van der Waals surface area contributed by atoms with Crippen LogP contribution >= 0.6 is 0 Å². The normalized spacial score (nSPS) is 15.6. The lowest BCUT2D eigenvalue weighted by Crippen LogP contribution is -2.31. The molecule has 0 spiro atoms. The number of benzene rings is 2. The molecule has 0 saturated carbocycles. The third kappa shape index (κ3) is 2.70. The Morgan fingerprint density at radius 2 is 1.83 bits per heavy atom. The number of aromatic hydroxyl groups is 1. The van der Waals surface area contributed by atoms with Crippen LogP contribution in [-0.2, 0) is 6.61 Å². The van der Waals surface area contributed by atoms with Gasteiger partial charge in [-0.05, 0) is 55.7 Å². The monoisotopic (exact) mass is 313 g/mol. The van der Waals surface area contributed by atoms with Gasteiger partial charge in [-0.2, -0.15) is 0 Å². The Morgan fingerprint density at radius 1 is 1.13 bits per heavy atom. The van der Waals surface area contributed by atoms with Crippen LogP contribution in [0.5, 0.6) is 5.75 Å². The SMILES string of the molecule is CC1=CC(C)(C)Nc2ccc(-c3ccc(F)cc3O)c(CO)c21. The molecule has 2 aromatic rings. The molecule has 0 bridgehead atoms. The lowest BCUT2D eigenvalue weighted by Gasteiger charge is -2.33. The van der Waals surface area contributed by atoms with Crippen molar-refractivity contribution in [2.45, 2.75) is 32.9 Å². The Hall–Kier alpha value is -2.33. The standard InChI is InChI=1S/C19H20FNO2/c1-11-9-19(2,3)21-16-7-6-13(15(10-22)18(11)16)14-5-4-12(20)8-17(14)23/h4-9,21-23H,10H2,1-3H3. The molecule has 0 unspecified atom stereocenters. The van der Waals surface area contributed by atoms with E-state index in [-0.39, 0.29) is 17.9 Å². The number of hydrogen-bond acceptors (Lipinski definition) is 3. The van der Waals surface area contributed by atoms with Crippen LogP contribution in [0.2, 0.25) is 0 Å². The largest absolute Gasteiger partial charge is 0.507 e. The van der Waals surface area contributed by atoms with Crippen molar-refractivity contribution in [1.29, 1.82) is 0 Å². The zero-order valence-corrected chi connectivity index (χ0v) is 13.4. The Balaban J connectivity index is 2.24. The molecule has 0 aliphatic carbocycles. The maximum absolute atomic E-state index is 13.2. The first kappa shape index (κ1) is 15.6. The lowest BCUT2D eigenvalue weighted by atomic mass is 9.85. The van der Waals surface area contributed by atoms with Crippen LogP contribution in [0.25, 0.3) is 16.7 Å². The quantitative estimate of drug-likeness (QED) is 0.775. The predicted octanol–water partition coefficient (Wildman–Crippen LogP) is 4.30. The number of hydrogen-bond donors (Lipinski definition) is 3. The van der Waals surface area contributed by atoms with Gasteiger partial charge in [0.05, 0.1) is 12.1 Å². The van der Waals surface area contributed by atoms with Crippen LogP contribution in [0, 0.1) is 5.82 Å². The zero-order valence-electron chi connectivity index (χ0n) is 13.4. The molecule has 1 aliphatic heterocycles. The summed E-state index contributed by atoms with van der Waals surface area (Å²) in [5.41, 5.74) is 4.73. The number of halogens is 1. The highest BCUT2D eigenvalue weighted by atomic mass is 19.1. The molecule has 0 atom stereocenters. The summed E-state index contributed by atoms with van der Waals surface area (Å²) in [6.07, 6.45) is 2.11. The van der Waals surface area contributed by atoms with E-state index < -0.39 is 5.82 Å². The van der Waals surface area contributed by atoms with E-state index in [0.717, 1.165) is 28.5 Å². The van der Waals surface area contributed by atoms with Gasteiger partial charge < -0.3 is 15.5 Å². The molecule has 1 aliphatic rings. The number of aliphatic hydroxyl groups excluding tert-OH is 1. The van der Waals surface area contributed by atoms with Gasteiger partial charge in [0.2, 0.25) is 0 Å². The number of anilines is 1. The van der Waals surface area contributed by atoms with Gasteiger partial charge in [-0.1, -0.05) is 12.1 Å². The van der Waals surface area contributed by atoms with E-state index in [2.05, 4.69) is 25.2 Å². The Kier molecular flexibility index (Phi) is 3.65. The molecule has 2 aromatic carbocycles. The molecule has 0 saturated heterocycles. The van der Waals surface area contributed by atoms with Crippen molar-refractivity contribution in [1.82, 2.24) is 0 Å². The summed E-state index contributed by atoms with van der Waals surface area (Å²) < 4.78 is 13.2. The molecular formula is C19H20FNO2. The average molecular weight is 313 g/mol. The maximum atomic E-state index is 13.2. The van der Waals surface area contributed by atoms with Gasteiger partial charge in [0.25, 0.3) is 0 Å². The number of aliphatic hydroxyl groups is 1. The van der Waals surface area contributed by atoms with Gasteiger partial charge in [0.1, 0.15) is 11.6 Å². The van der Waals surface area contributed by atoms with E-state index in [1.807, 2.05) is 19.1 Å². The van der Waals surface area contributed by atoms with E-state index in [1.165, 1.54) is 12.1 Å². The maximum Gasteiger partial charge on any atom is 0.126 e. The van der Waals surface area contributed by atoms with Gasteiger partial charge in [0, 0.05) is 22.9 Å². The Labute approximate surface area is 135 Å². The molecule has 0 amide bonds. The fourth-order valence-electron chi connectivity index (χ4n) is 3.35. The van der Waals surface area contributed by atoms with Crippen LogP contribution < -0.4 is 5.32 Å². The fourth-order valence-corrected chi connectivity index (χ4v) is 3.35. The summed E-state index contributed by atoms with van der Waals surface area (Å²) in [7, 11) is 0. The van der Waals surface area contributed by atoms with E-state index >= 15 is 0 Å². The lowest BCUT2D eigenvalue weighted by molar-refractivity contribution is 0.282. The smallest absolute Gasteiger partial charge is 0.126 e. The first-order chi connectivity index (χ1) is 10.8. The minimum atomic E-state index is -0.491. The van der Waals surface area contributed by atoms with Crippen molar-refractivity contribution in [3.63, 3.8) is 0 Å². The van der Waals surface area contributed by atoms with Crippen molar-refractivity contribution in [3.8, 4) is 16.9 Å². The Morgan fingerprint density at radius 3 is 2.48 bits per heavy atom. The Bertz CT molecular complexity index is 809. The second kappa shape index (κ2) is 5.39. The van der Waals surface area contributed by atoms with Crippen LogP contribution in [0.3, 0.4) is 0 Å². The molecule has 0 aromatic heterocycles. The molecule has 4 heteroatoms. The minimum absolute atomic E-state index is 0.134. The third-order valence-corrected chi connectivity index (χ3v) is 4.15. The van der Waals surface area contributed by atoms with E-state index in [9.17, 15) is 14.6 Å². The summed E-state index contributed by atoms with van der Waals surface area (Å²) in [6, 6.07) is 7.70. The topological polar surface area (TPSA) is 52.5 Å². The first-order valence-corrected chi connectivity index (χ1v) is 7.56. The van der Waals surface area contributed by atoms with Gasteiger partial charge in [-0.3, -0.25) is 0 Å². The van der Waals surface area contributed by atoms with Crippen LogP contribution in [0.4, 0.5) is 10.1 Å². The predicted molar refractivity (Wildman–Crippen MR) is 90.8 cm³/mol. The second-order valence-electron chi connectivity index (χ2n) is 6.51. The third-order valence-electron chi connectivity index (χ3n) is 4.15. The first-order valence-electron chi connectivity index (χ1n) is 7.56. The van der Waals surface area contributed by atoms with Crippen molar-refractivity contribution in [3.05, 3.63) is 53.4 Å². The number of phenols is 1. The number of rotatable bonds is 2. The number of phenolic OH excluding ortho intramolecular Hbond substituents is 1. The molecular weight excluding hydrogens is 293 g/mol. The van der Waals surface area contributed by atoms with Crippen LogP contribution in [-0.4, -0.2) is 15.8 Å². The van der Waals surface area contributed by atoms with Crippen molar-refractivity contribution >= 4 is 11.3 Å². The summed E-state index contributed by atoms with van der Waals surface area (Å²) >= 11 is 0. The zero-order chi connectivity index (χ0) is 16.8. The number of fused-ring (bicyclic) bond motifs is 1. The highest BCUT2D eigenvalue weighted by Gasteiger charge is 2.26. The van der Waals surface area contributed by atoms with Crippen LogP contribution in [0.1, 0.15) is 31.9 Å². The average Bonchev–Trinajstić information content (AvgIpc) is 2.45. The highest BCUT2D eigenvalue weighted by Crippen LogP contribution is 2.42. The van der Waals surface area contributed by atoms with Crippen molar-refractivity contribution in [2.24, 2.45) is 0 Å². The number of allylic oxidation sites excluding steroid dienone is 1. The summed E-state index contributed by atoms with van der Waals surface area (Å²) in [4.78, 5) is 0. The van der Waals surface area contributed by atoms with Crippen molar-refractivity contribution in [2.75, 3.05) is 5.32 Å². The van der Waals surface area contributed by atoms with Crippen LogP contribution in [0.15, 0.2) is 36.4 Å². The molecule has 3 rings (SSSR count). The van der Waals surface area contributed by atoms with Gasteiger partial charge >= 0.3 is 0 Å². The molecule has 1 heterocycles. The molecule has 0 fully saturated rings. The van der Waals surface area contributed by atoms with Gasteiger partial charge in [0.15, 0.2) is 0 Å². The molecule has 23 heavy (non-hydrogen) atoms. The van der Waals surface area contributed by atoms with E-state index in [0.29, 0.717) is 11.1 Å². The summed E-state index contributed by atoms with van der Waals surface area (Å²) in [5, 5.41) is 23.4. The number of nitrogens with one attached hydrogen (secondary N) is 1. The minimum Gasteiger partial charge on any atom is -0.507 e. The van der Waals surface area contributed by atoms with E-state index in [4.69, 9.17) is 0 Å². The molecule has 3 nitrogen and oxygen atoms in total. The summed E-state index contributed by atoms with van der Waals surface area (Å²) in [6.45, 7) is 6.01. The second-order valence-corrected chi connectivity index (χ2v) is 6.51. The molecule has 120 valence electrons.